The molecule has 0 spiro atoms. The van der Waals surface area contributed by atoms with E-state index in [4.69, 9.17) is 0 Å². The van der Waals surface area contributed by atoms with Gasteiger partial charge in [0.05, 0.1) is 6.42 Å². The summed E-state index contributed by atoms with van der Waals surface area (Å²) >= 11 is 0. The largest absolute Gasteiger partial charge is 0.310 e. The Balaban J connectivity index is 1.80. The van der Waals surface area contributed by atoms with Crippen molar-refractivity contribution in [2.24, 2.45) is 0 Å². The summed E-state index contributed by atoms with van der Waals surface area (Å²) in [6.45, 7) is 5.72. The Labute approximate surface area is 127 Å². The van der Waals surface area contributed by atoms with Gasteiger partial charge in [0.2, 0.25) is 5.91 Å². The first-order chi connectivity index (χ1) is 10.5. The van der Waals surface area contributed by atoms with Crippen LogP contribution >= 0.6 is 0 Å². The van der Waals surface area contributed by atoms with Crippen LogP contribution in [0.3, 0.4) is 0 Å². The van der Waals surface area contributed by atoms with Crippen LogP contribution in [0.4, 0.5) is 5.82 Å². The van der Waals surface area contributed by atoms with E-state index in [9.17, 15) is 4.79 Å². The van der Waals surface area contributed by atoms with Crippen molar-refractivity contribution in [2.75, 3.05) is 5.32 Å². The number of fused-ring (bicyclic) bond motifs is 1. The van der Waals surface area contributed by atoms with Gasteiger partial charge in [0.25, 0.3) is 5.78 Å². The summed E-state index contributed by atoms with van der Waals surface area (Å²) in [5.41, 5.74) is 2.71. The van der Waals surface area contributed by atoms with Gasteiger partial charge >= 0.3 is 0 Å². The highest BCUT2D eigenvalue weighted by Gasteiger charge is 2.12. The molecule has 0 bridgehead atoms. The van der Waals surface area contributed by atoms with Crippen molar-refractivity contribution in [1.29, 1.82) is 0 Å². The molecule has 0 aromatic carbocycles. The summed E-state index contributed by atoms with van der Waals surface area (Å²) in [5, 5.41) is 7.09. The molecule has 0 radical (unpaired) electrons. The van der Waals surface area contributed by atoms with Crippen molar-refractivity contribution >= 4 is 17.5 Å². The van der Waals surface area contributed by atoms with E-state index in [2.05, 4.69) is 25.4 Å². The molecule has 112 valence electrons. The molecule has 0 saturated carbocycles. The normalized spacial score (nSPS) is 10.9. The third kappa shape index (κ3) is 2.78. The maximum absolute atomic E-state index is 12.1. The quantitative estimate of drug-likeness (QED) is 0.794. The lowest BCUT2D eigenvalue weighted by Crippen LogP contribution is -2.17. The van der Waals surface area contributed by atoms with Gasteiger partial charge < -0.3 is 5.32 Å². The van der Waals surface area contributed by atoms with E-state index in [1.807, 2.05) is 39.0 Å². The summed E-state index contributed by atoms with van der Waals surface area (Å²) in [6.07, 6.45) is 1.72. The third-order valence-electron chi connectivity index (χ3n) is 3.25. The third-order valence-corrected chi connectivity index (χ3v) is 3.25. The molecule has 0 aliphatic heterocycles. The van der Waals surface area contributed by atoms with Gasteiger partial charge in [-0.3, -0.25) is 4.79 Å². The standard InChI is InChI=1S/C15H16N6O/c1-9-5-4-6-16-14(9)19-13(22)8-12-18-15-17-10(2)7-11(3)21(15)20-12/h4-7H,8H2,1-3H3,(H,16,19,22). The number of rotatable bonds is 3. The Bertz CT molecular complexity index is 854. The first-order valence-corrected chi connectivity index (χ1v) is 6.94. The molecule has 3 aromatic heterocycles. The second-order valence-corrected chi connectivity index (χ2v) is 5.17. The van der Waals surface area contributed by atoms with Crippen molar-refractivity contribution in [3.05, 3.63) is 47.2 Å². The van der Waals surface area contributed by atoms with Crippen LogP contribution in [0.2, 0.25) is 0 Å². The zero-order chi connectivity index (χ0) is 15.7. The van der Waals surface area contributed by atoms with Gasteiger partial charge in [-0.1, -0.05) is 6.07 Å². The van der Waals surface area contributed by atoms with E-state index >= 15 is 0 Å². The zero-order valence-electron chi connectivity index (χ0n) is 12.7. The molecule has 22 heavy (non-hydrogen) atoms. The molecule has 1 N–H and O–H groups in total. The number of hydrogen-bond acceptors (Lipinski definition) is 5. The molecule has 0 unspecified atom stereocenters. The first kappa shape index (κ1) is 14.1. The second kappa shape index (κ2) is 5.51. The molecule has 1 amide bonds. The number of hydrogen-bond donors (Lipinski definition) is 1. The summed E-state index contributed by atoms with van der Waals surface area (Å²) in [4.78, 5) is 24.8. The SMILES string of the molecule is Cc1cc(C)n2nc(CC(=O)Nc3ncccc3C)nc2n1. The molecule has 0 aliphatic carbocycles. The smallest absolute Gasteiger partial charge is 0.252 e. The van der Waals surface area contributed by atoms with E-state index < -0.39 is 0 Å². The highest BCUT2D eigenvalue weighted by Crippen LogP contribution is 2.10. The molecule has 7 nitrogen and oxygen atoms in total. The lowest BCUT2D eigenvalue weighted by Gasteiger charge is -2.05. The van der Waals surface area contributed by atoms with Crippen LogP contribution in [0.1, 0.15) is 22.8 Å². The number of pyridine rings is 1. The molecular weight excluding hydrogens is 280 g/mol. The number of aryl methyl sites for hydroxylation is 3. The molecule has 0 atom stereocenters. The molecule has 0 fully saturated rings. The average Bonchev–Trinajstić information content (AvgIpc) is 2.84. The van der Waals surface area contributed by atoms with Crippen LogP contribution < -0.4 is 5.32 Å². The van der Waals surface area contributed by atoms with Gasteiger partial charge in [-0.15, -0.1) is 5.10 Å². The Kier molecular flexibility index (Phi) is 3.54. The topological polar surface area (TPSA) is 85.1 Å². The monoisotopic (exact) mass is 296 g/mol. The first-order valence-electron chi connectivity index (χ1n) is 6.94. The Morgan fingerprint density at radius 2 is 2.09 bits per heavy atom. The summed E-state index contributed by atoms with van der Waals surface area (Å²) in [5.74, 6) is 1.30. The van der Waals surface area contributed by atoms with E-state index in [-0.39, 0.29) is 12.3 Å². The second-order valence-electron chi connectivity index (χ2n) is 5.17. The highest BCUT2D eigenvalue weighted by atomic mass is 16.1. The molecule has 3 heterocycles. The van der Waals surface area contributed by atoms with Crippen molar-refractivity contribution in [3.8, 4) is 0 Å². The minimum absolute atomic E-state index is 0.0812. The van der Waals surface area contributed by atoms with Crippen LogP contribution in [0.15, 0.2) is 24.4 Å². The summed E-state index contributed by atoms with van der Waals surface area (Å²) < 4.78 is 1.64. The van der Waals surface area contributed by atoms with Gasteiger partial charge in [-0.05, 0) is 38.5 Å². The zero-order valence-corrected chi connectivity index (χ0v) is 12.7. The van der Waals surface area contributed by atoms with Crippen LogP contribution in [0.5, 0.6) is 0 Å². The highest BCUT2D eigenvalue weighted by molar-refractivity contribution is 5.91. The van der Waals surface area contributed by atoms with E-state index in [1.54, 1.807) is 10.7 Å². The summed E-state index contributed by atoms with van der Waals surface area (Å²) in [6, 6.07) is 5.63. The number of amides is 1. The van der Waals surface area contributed by atoms with Crippen molar-refractivity contribution in [3.63, 3.8) is 0 Å². The van der Waals surface area contributed by atoms with Crippen molar-refractivity contribution in [2.45, 2.75) is 27.2 Å². The Hall–Kier alpha value is -2.83. The van der Waals surface area contributed by atoms with E-state index in [1.165, 1.54) is 0 Å². The number of nitrogens with zero attached hydrogens (tertiary/aromatic N) is 5. The fourth-order valence-corrected chi connectivity index (χ4v) is 2.22. The average molecular weight is 296 g/mol. The van der Waals surface area contributed by atoms with Gasteiger partial charge in [-0.25, -0.2) is 14.5 Å². The predicted molar refractivity (Wildman–Crippen MR) is 81.6 cm³/mol. The lowest BCUT2D eigenvalue weighted by atomic mass is 10.3. The predicted octanol–water partition coefficient (Wildman–Crippen LogP) is 1.63. The Morgan fingerprint density at radius 3 is 2.86 bits per heavy atom. The molecule has 0 saturated heterocycles. The molecule has 3 rings (SSSR count). The Morgan fingerprint density at radius 1 is 1.27 bits per heavy atom. The minimum Gasteiger partial charge on any atom is -0.310 e. The van der Waals surface area contributed by atoms with Crippen LogP contribution in [0, 0.1) is 20.8 Å². The van der Waals surface area contributed by atoms with Gasteiger partial charge in [0.15, 0.2) is 5.82 Å². The number of carbonyl (C=O) groups excluding carboxylic acids is 1. The minimum atomic E-state index is -0.202. The van der Waals surface area contributed by atoms with E-state index in [0.717, 1.165) is 17.0 Å². The number of aromatic nitrogens is 5. The lowest BCUT2D eigenvalue weighted by molar-refractivity contribution is -0.115. The molecule has 0 aliphatic rings. The van der Waals surface area contributed by atoms with Crippen molar-refractivity contribution in [1.82, 2.24) is 24.6 Å². The van der Waals surface area contributed by atoms with Crippen LogP contribution in [-0.4, -0.2) is 30.5 Å². The van der Waals surface area contributed by atoms with Crippen molar-refractivity contribution < 1.29 is 4.79 Å². The molecular formula is C15H16N6O. The fourth-order valence-electron chi connectivity index (χ4n) is 2.22. The maximum Gasteiger partial charge on any atom is 0.252 e. The maximum atomic E-state index is 12.1. The number of carbonyl (C=O) groups is 1. The number of anilines is 1. The van der Waals surface area contributed by atoms with Gasteiger partial charge in [0, 0.05) is 17.6 Å². The summed E-state index contributed by atoms with van der Waals surface area (Å²) in [7, 11) is 0. The van der Waals surface area contributed by atoms with Crippen LogP contribution in [-0.2, 0) is 11.2 Å². The van der Waals surface area contributed by atoms with Crippen LogP contribution in [0.25, 0.3) is 5.78 Å². The molecule has 3 aromatic rings. The van der Waals surface area contributed by atoms with E-state index in [0.29, 0.717) is 17.4 Å². The van der Waals surface area contributed by atoms with Gasteiger partial charge in [0.1, 0.15) is 5.82 Å². The van der Waals surface area contributed by atoms with Gasteiger partial charge in [-0.2, -0.15) is 4.98 Å². The number of nitrogens with one attached hydrogen (secondary N) is 1. The molecule has 7 heteroatoms. The fraction of sp³-hybridized carbons (Fsp3) is 0.267.